The number of hydrogen-bond acceptors (Lipinski definition) is 2. The lowest BCUT2D eigenvalue weighted by atomic mass is 10.1. The minimum absolute atomic E-state index is 0.0899. The summed E-state index contributed by atoms with van der Waals surface area (Å²) in [6, 6.07) is 8.12. The van der Waals surface area contributed by atoms with Crippen LogP contribution in [0.3, 0.4) is 0 Å². The second-order valence-electron chi connectivity index (χ2n) is 4.07. The molecule has 1 aromatic carbocycles. The van der Waals surface area contributed by atoms with Crippen LogP contribution in [0.15, 0.2) is 24.3 Å². The van der Waals surface area contributed by atoms with Gasteiger partial charge in [-0.1, -0.05) is 25.5 Å². The highest BCUT2D eigenvalue weighted by Gasteiger charge is 2.03. The Balaban J connectivity index is 2.56. The molecule has 0 fully saturated rings. The van der Waals surface area contributed by atoms with Crippen LogP contribution in [0.4, 0.5) is 0 Å². The van der Waals surface area contributed by atoms with Crippen LogP contribution in [-0.2, 0) is 0 Å². The van der Waals surface area contributed by atoms with Crippen LogP contribution >= 0.6 is 0 Å². The van der Waals surface area contributed by atoms with Crippen molar-refractivity contribution >= 4 is 0 Å². The highest BCUT2D eigenvalue weighted by Crippen LogP contribution is 2.18. The lowest BCUT2D eigenvalue weighted by Crippen LogP contribution is -2.11. The molecule has 84 valence electrons. The Hall–Kier alpha value is -1.02. The van der Waals surface area contributed by atoms with E-state index in [0.717, 1.165) is 24.2 Å². The zero-order chi connectivity index (χ0) is 11.3. The summed E-state index contributed by atoms with van der Waals surface area (Å²) in [4.78, 5) is 0. The quantitative estimate of drug-likeness (QED) is 0.804. The highest BCUT2D eigenvalue weighted by atomic mass is 16.5. The first kappa shape index (κ1) is 12.1. The number of nitrogens with two attached hydrogens (primary N) is 1. The molecule has 1 aromatic rings. The second-order valence-corrected chi connectivity index (χ2v) is 4.07. The maximum absolute atomic E-state index is 5.77. The van der Waals surface area contributed by atoms with Gasteiger partial charge < -0.3 is 10.5 Å². The minimum Gasteiger partial charge on any atom is -0.491 e. The first-order valence-corrected chi connectivity index (χ1v) is 5.65. The summed E-state index contributed by atoms with van der Waals surface area (Å²) in [6.45, 7) is 6.25. The predicted molar refractivity (Wildman–Crippen MR) is 64.0 cm³/mol. The molecule has 2 atom stereocenters. The molecule has 2 nitrogen and oxygen atoms in total. The van der Waals surface area contributed by atoms with Crippen LogP contribution in [0.1, 0.15) is 45.2 Å². The molecule has 1 rings (SSSR count). The van der Waals surface area contributed by atoms with E-state index in [1.54, 1.807) is 0 Å². The summed E-state index contributed by atoms with van der Waals surface area (Å²) in [6.07, 6.45) is 2.53. The molecule has 0 radical (unpaired) electrons. The molecule has 0 heterocycles. The van der Waals surface area contributed by atoms with E-state index in [4.69, 9.17) is 10.5 Å². The van der Waals surface area contributed by atoms with Crippen LogP contribution in [0, 0.1) is 0 Å². The molecule has 0 aliphatic heterocycles. The van der Waals surface area contributed by atoms with Crippen molar-refractivity contribution in [1.29, 1.82) is 0 Å². The Kier molecular flexibility index (Phi) is 4.63. The van der Waals surface area contributed by atoms with Gasteiger partial charge in [0.2, 0.25) is 0 Å². The molecule has 15 heavy (non-hydrogen) atoms. The molecule has 0 aromatic heterocycles. The first-order valence-electron chi connectivity index (χ1n) is 5.65. The van der Waals surface area contributed by atoms with Gasteiger partial charge in [0.05, 0.1) is 6.10 Å². The Bertz CT molecular complexity index is 279. The summed E-state index contributed by atoms with van der Waals surface area (Å²) in [5.41, 5.74) is 6.92. The molecule has 0 bridgehead atoms. The van der Waals surface area contributed by atoms with Gasteiger partial charge in [0, 0.05) is 6.04 Å². The van der Waals surface area contributed by atoms with Crippen LogP contribution in [0.2, 0.25) is 0 Å². The molecule has 0 saturated carbocycles. The van der Waals surface area contributed by atoms with E-state index in [1.165, 1.54) is 0 Å². The Morgan fingerprint density at radius 1 is 1.20 bits per heavy atom. The Labute approximate surface area is 92.4 Å². The fourth-order valence-corrected chi connectivity index (χ4v) is 1.55. The van der Waals surface area contributed by atoms with Gasteiger partial charge in [-0.2, -0.15) is 0 Å². The van der Waals surface area contributed by atoms with E-state index in [0.29, 0.717) is 0 Å². The second kappa shape index (κ2) is 5.76. The van der Waals surface area contributed by atoms with Crippen LogP contribution in [-0.4, -0.2) is 6.10 Å². The number of ether oxygens (including phenoxy) is 1. The van der Waals surface area contributed by atoms with E-state index in [9.17, 15) is 0 Å². The molecule has 2 heteroatoms. The van der Waals surface area contributed by atoms with Gasteiger partial charge in [-0.05, 0) is 38.0 Å². The van der Waals surface area contributed by atoms with Gasteiger partial charge in [-0.15, -0.1) is 0 Å². The Morgan fingerprint density at radius 3 is 2.27 bits per heavy atom. The fourth-order valence-electron chi connectivity index (χ4n) is 1.55. The topological polar surface area (TPSA) is 35.2 Å². The number of hydrogen-bond donors (Lipinski definition) is 1. The zero-order valence-corrected chi connectivity index (χ0v) is 9.86. The minimum atomic E-state index is 0.0899. The highest BCUT2D eigenvalue weighted by molar-refractivity contribution is 5.28. The third-order valence-electron chi connectivity index (χ3n) is 2.44. The molecule has 0 aliphatic carbocycles. The van der Waals surface area contributed by atoms with Crippen LogP contribution in [0.25, 0.3) is 0 Å². The van der Waals surface area contributed by atoms with Gasteiger partial charge >= 0.3 is 0 Å². The van der Waals surface area contributed by atoms with Crippen molar-refractivity contribution in [2.45, 2.75) is 45.8 Å². The van der Waals surface area contributed by atoms with Crippen molar-refractivity contribution in [3.05, 3.63) is 29.8 Å². The SMILES string of the molecule is CCCC(C)Oc1ccc(C(C)N)cc1. The average Bonchev–Trinajstić information content (AvgIpc) is 2.18. The maximum atomic E-state index is 5.77. The summed E-state index contributed by atoms with van der Waals surface area (Å²) >= 11 is 0. The third kappa shape index (κ3) is 3.92. The van der Waals surface area contributed by atoms with Gasteiger partial charge in [-0.3, -0.25) is 0 Å². The fraction of sp³-hybridized carbons (Fsp3) is 0.538. The van der Waals surface area contributed by atoms with Gasteiger partial charge in [0.25, 0.3) is 0 Å². The number of benzene rings is 1. The van der Waals surface area contributed by atoms with Crippen molar-refractivity contribution in [2.75, 3.05) is 0 Å². The van der Waals surface area contributed by atoms with Gasteiger partial charge in [-0.25, -0.2) is 0 Å². The monoisotopic (exact) mass is 207 g/mol. The molecule has 2 unspecified atom stereocenters. The molecule has 2 N–H and O–H groups in total. The van der Waals surface area contributed by atoms with E-state index in [2.05, 4.69) is 13.8 Å². The first-order chi connectivity index (χ1) is 7.13. The van der Waals surface area contributed by atoms with Crippen molar-refractivity contribution in [2.24, 2.45) is 5.73 Å². The lowest BCUT2D eigenvalue weighted by molar-refractivity contribution is 0.210. The van der Waals surface area contributed by atoms with E-state index >= 15 is 0 Å². The smallest absolute Gasteiger partial charge is 0.119 e. The summed E-state index contributed by atoms with van der Waals surface area (Å²) < 4.78 is 5.75. The molecule has 0 amide bonds. The van der Waals surface area contributed by atoms with Crippen molar-refractivity contribution in [3.8, 4) is 5.75 Å². The van der Waals surface area contributed by atoms with E-state index in [-0.39, 0.29) is 12.1 Å². The molecular formula is C13H21NO. The largest absolute Gasteiger partial charge is 0.491 e. The van der Waals surface area contributed by atoms with Crippen molar-refractivity contribution in [1.82, 2.24) is 0 Å². The molecular weight excluding hydrogens is 186 g/mol. The number of rotatable bonds is 5. The third-order valence-corrected chi connectivity index (χ3v) is 2.44. The van der Waals surface area contributed by atoms with E-state index < -0.39 is 0 Å². The summed E-state index contributed by atoms with van der Waals surface area (Å²) in [5, 5.41) is 0. The zero-order valence-electron chi connectivity index (χ0n) is 9.86. The molecule has 0 saturated heterocycles. The molecule has 0 spiro atoms. The molecule has 0 aliphatic rings. The Morgan fingerprint density at radius 2 is 1.80 bits per heavy atom. The summed E-state index contributed by atoms with van der Waals surface area (Å²) in [7, 11) is 0. The van der Waals surface area contributed by atoms with Crippen LogP contribution < -0.4 is 10.5 Å². The maximum Gasteiger partial charge on any atom is 0.119 e. The van der Waals surface area contributed by atoms with Crippen molar-refractivity contribution < 1.29 is 4.74 Å². The lowest BCUT2D eigenvalue weighted by Gasteiger charge is -2.14. The predicted octanol–water partition coefficient (Wildman–Crippen LogP) is 3.27. The average molecular weight is 207 g/mol. The standard InChI is InChI=1S/C13H21NO/c1-4-5-10(2)15-13-8-6-12(7-9-13)11(3)14/h6-11H,4-5,14H2,1-3H3. The van der Waals surface area contributed by atoms with Gasteiger partial charge in [0.1, 0.15) is 5.75 Å². The summed E-state index contributed by atoms with van der Waals surface area (Å²) in [5.74, 6) is 0.931. The van der Waals surface area contributed by atoms with Crippen LogP contribution in [0.5, 0.6) is 5.75 Å². The van der Waals surface area contributed by atoms with E-state index in [1.807, 2.05) is 31.2 Å². The normalized spacial score (nSPS) is 14.7. The van der Waals surface area contributed by atoms with Gasteiger partial charge in [0.15, 0.2) is 0 Å². The van der Waals surface area contributed by atoms with Crippen molar-refractivity contribution in [3.63, 3.8) is 0 Å².